The van der Waals surface area contributed by atoms with Gasteiger partial charge in [0.25, 0.3) is 0 Å². The van der Waals surface area contributed by atoms with E-state index in [9.17, 15) is 5.11 Å². The first-order valence-corrected chi connectivity index (χ1v) is 7.34. The van der Waals surface area contributed by atoms with E-state index in [1.165, 1.54) is 6.42 Å². The standard InChI is InChI=1S/C15H23ClN2O/c1-10(17)11-7-8-13(12(16)9-11)18(2)14-5-3-4-6-15(14)19/h7-10,14-15,19H,3-6,17H2,1-2H3. The topological polar surface area (TPSA) is 49.5 Å². The number of nitrogens with zero attached hydrogens (tertiary/aromatic N) is 1. The summed E-state index contributed by atoms with van der Waals surface area (Å²) in [6.07, 6.45) is 3.92. The Hall–Kier alpha value is -0.770. The Kier molecular flexibility index (Phi) is 4.71. The van der Waals surface area contributed by atoms with Crippen molar-refractivity contribution in [2.24, 2.45) is 5.73 Å². The zero-order valence-electron chi connectivity index (χ0n) is 11.6. The van der Waals surface area contributed by atoms with Gasteiger partial charge in [0.15, 0.2) is 0 Å². The molecule has 19 heavy (non-hydrogen) atoms. The number of likely N-dealkylation sites (N-methyl/N-ethyl adjacent to an activating group) is 1. The number of rotatable bonds is 3. The van der Waals surface area contributed by atoms with Crippen LogP contribution in [0.5, 0.6) is 0 Å². The van der Waals surface area contributed by atoms with E-state index in [1.807, 2.05) is 32.2 Å². The van der Waals surface area contributed by atoms with E-state index in [2.05, 4.69) is 4.90 Å². The van der Waals surface area contributed by atoms with Crippen LogP contribution < -0.4 is 10.6 Å². The summed E-state index contributed by atoms with van der Waals surface area (Å²) in [5.74, 6) is 0. The van der Waals surface area contributed by atoms with Gasteiger partial charge in [-0.25, -0.2) is 0 Å². The Morgan fingerprint density at radius 3 is 2.63 bits per heavy atom. The van der Waals surface area contributed by atoms with Gasteiger partial charge in [-0.2, -0.15) is 0 Å². The maximum absolute atomic E-state index is 10.1. The molecule has 0 radical (unpaired) electrons. The maximum Gasteiger partial charge on any atom is 0.0743 e. The number of aliphatic hydroxyl groups is 1. The van der Waals surface area contributed by atoms with Crippen LogP contribution in [0.25, 0.3) is 0 Å². The second kappa shape index (κ2) is 6.12. The van der Waals surface area contributed by atoms with Crippen molar-refractivity contribution in [1.82, 2.24) is 0 Å². The highest BCUT2D eigenvalue weighted by atomic mass is 35.5. The van der Waals surface area contributed by atoms with E-state index in [-0.39, 0.29) is 18.2 Å². The lowest BCUT2D eigenvalue weighted by molar-refractivity contribution is 0.106. The second-order valence-corrected chi connectivity index (χ2v) is 5.94. The van der Waals surface area contributed by atoms with Crippen molar-refractivity contribution in [2.75, 3.05) is 11.9 Å². The molecule has 4 heteroatoms. The van der Waals surface area contributed by atoms with Gasteiger partial charge in [0.2, 0.25) is 0 Å². The molecule has 3 unspecified atom stereocenters. The molecule has 1 saturated carbocycles. The molecule has 1 aromatic rings. The molecule has 106 valence electrons. The highest BCUT2D eigenvalue weighted by Crippen LogP contribution is 2.32. The van der Waals surface area contributed by atoms with E-state index in [0.29, 0.717) is 5.02 Å². The number of halogens is 1. The van der Waals surface area contributed by atoms with Crippen molar-refractivity contribution < 1.29 is 5.11 Å². The molecule has 0 amide bonds. The minimum Gasteiger partial charge on any atom is -0.391 e. The summed E-state index contributed by atoms with van der Waals surface area (Å²) in [6, 6.07) is 6.08. The molecule has 1 aliphatic rings. The number of benzene rings is 1. The van der Waals surface area contributed by atoms with Gasteiger partial charge in [0, 0.05) is 13.1 Å². The second-order valence-electron chi connectivity index (χ2n) is 5.53. The Labute approximate surface area is 120 Å². The number of hydrogen-bond acceptors (Lipinski definition) is 3. The fourth-order valence-corrected chi connectivity index (χ4v) is 3.14. The SMILES string of the molecule is CC(N)c1ccc(N(C)C2CCCCC2O)c(Cl)c1. The van der Waals surface area contributed by atoms with Crippen LogP contribution in [0.1, 0.15) is 44.2 Å². The van der Waals surface area contributed by atoms with Gasteiger partial charge in [-0.15, -0.1) is 0 Å². The molecule has 3 atom stereocenters. The van der Waals surface area contributed by atoms with E-state index >= 15 is 0 Å². The lowest BCUT2D eigenvalue weighted by Gasteiger charge is -2.37. The van der Waals surface area contributed by atoms with Crippen molar-refractivity contribution >= 4 is 17.3 Å². The molecular formula is C15H23ClN2O. The van der Waals surface area contributed by atoms with Gasteiger partial charge in [0.05, 0.1) is 22.9 Å². The predicted octanol–water partition coefficient (Wildman–Crippen LogP) is 3.10. The lowest BCUT2D eigenvalue weighted by atomic mass is 9.91. The van der Waals surface area contributed by atoms with Gasteiger partial charge >= 0.3 is 0 Å². The van der Waals surface area contributed by atoms with Gasteiger partial charge in [-0.1, -0.05) is 30.5 Å². The Bertz CT molecular complexity index is 436. The monoisotopic (exact) mass is 282 g/mol. The van der Waals surface area contributed by atoms with Crippen molar-refractivity contribution in [2.45, 2.75) is 50.8 Å². The fraction of sp³-hybridized carbons (Fsp3) is 0.600. The van der Waals surface area contributed by atoms with Crippen LogP contribution in [-0.2, 0) is 0 Å². The lowest BCUT2D eigenvalue weighted by Crippen LogP contribution is -2.43. The molecule has 1 aromatic carbocycles. The minimum atomic E-state index is -0.261. The summed E-state index contributed by atoms with van der Waals surface area (Å²) in [5.41, 5.74) is 7.86. The van der Waals surface area contributed by atoms with E-state index < -0.39 is 0 Å². The normalized spacial score (nSPS) is 25.1. The van der Waals surface area contributed by atoms with Crippen LogP contribution in [-0.4, -0.2) is 24.3 Å². The van der Waals surface area contributed by atoms with Crippen LogP contribution >= 0.6 is 11.6 Å². The zero-order valence-corrected chi connectivity index (χ0v) is 12.4. The van der Waals surface area contributed by atoms with Gasteiger partial charge in [-0.3, -0.25) is 0 Å². The van der Waals surface area contributed by atoms with Crippen LogP contribution in [0.3, 0.4) is 0 Å². The van der Waals surface area contributed by atoms with Gasteiger partial charge in [0.1, 0.15) is 0 Å². The van der Waals surface area contributed by atoms with Crippen molar-refractivity contribution in [3.8, 4) is 0 Å². The average Bonchev–Trinajstić information content (AvgIpc) is 2.38. The smallest absolute Gasteiger partial charge is 0.0743 e. The quantitative estimate of drug-likeness (QED) is 0.896. The molecule has 2 rings (SSSR count). The summed E-state index contributed by atoms with van der Waals surface area (Å²) >= 11 is 6.36. The van der Waals surface area contributed by atoms with Crippen LogP contribution in [0.15, 0.2) is 18.2 Å². The molecule has 1 aliphatic carbocycles. The van der Waals surface area contributed by atoms with Gasteiger partial charge < -0.3 is 15.7 Å². The summed E-state index contributed by atoms with van der Waals surface area (Å²) < 4.78 is 0. The number of aliphatic hydroxyl groups excluding tert-OH is 1. The summed E-state index contributed by atoms with van der Waals surface area (Å²) in [5, 5.41) is 10.8. The number of anilines is 1. The van der Waals surface area contributed by atoms with Gasteiger partial charge in [-0.05, 0) is 37.5 Å². The highest BCUT2D eigenvalue weighted by molar-refractivity contribution is 6.33. The first kappa shape index (κ1) is 14.6. The van der Waals surface area contributed by atoms with Crippen molar-refractivity contribution in [3.05, 3.63) is 28.8 Å². The zero-order chi connectivity index (χ0) is 14.0. The maximum atomic E-state index is 10.1. The molecule has 3 nitrogen and oxygen atoms in total. The van der Waals surface area contributed by atoms with E-state index in [4.69, 9.17) is 17.3 Å². The average molecular weight is 283 g/mol. The molecule has 0 heterocycles. The first-order chi connectivity index (χ1) is 9.00. The van der Waals surface area contributed by atoms with Crippen LogP contribution in [0, 0.1) is 0 Å². The van der Waals surface area contributed by atoms with Crippen LogP contribution in [0.2, 0.25) is 5.02 Å². The fourth-order valence-electron chi connectivity index (χ4n) is 2.81. The molecule has 0 aliphatic heterocycles. The number of hydrogen-bond donors (Lipinski definition) is 2. The molecule has 0 spiro atoms. The summed E-state index contributed by atoms with van der Waals surface area (Å²) in [4.78, 5) is 2.11. The molecule has 0 saturated heterocycles. The van der Waals surface area contributed by atoms with Crippen molar-refractivity contribution in [3.63, 3.8) is 0 Å². The summed E-state index contributed by atoms with van der Waals surface area (Å²) in [6.45, 7) is 1.94. The molecule has 0 aromatic heterocycles. The first-order valence-electron chi connectivity index (χ1n) is 6.96. The Balaban J connectivity index is 2.21. The summed E-state index contributed by atoms with van der Waals surface area (Å²) in [7, 11) is 2.01. The van der Waals surface area contributed by atoms with E-state index in [0.717, 1.165) is 30.5 Å². The van der Waals surface area contributed by atoms with E-state index in [1.54, 1.807) is 0 Å². The largest absolute Gasteiger partial charge is 0.391 e. The molecule has 0 bridgehead atoms. The minimum absolute atomic E-state index is 0.0165. The predicted molar refractivity (Wildman–Crippen MR) is 80.7 cm³/mol. The number of nitrogens with two attached hydrogens (primary N) is 1. The molecule has 1 fully saturated rings. The Morgan fingerprint density at radius 1 is 1.37 bits per heavy atom. The highest BCUT2D eigenvalue weighted by Gasteiger charge is 2.27. The van der Waals surface area contributed by atoms with Crippen LogP contribution in [0.4, 0.5) is 5.69 Å². The molecular weight excluding hydrogens is 260 g/mol. The third-order valence-electron chi connectivity index (χ3n) is 4.07. The molecule has 3 N–H and O–H groups in total. The van der Waals surface area contributed by atoms with Crippen molar-refractivity contribution in [1.29, 1.82) is 0 Å². The third kappa shape index (κ3) is 3.22. The third-order valence-corrected chi connectivity index (χ3v) is 4.37. The Morgan fingerprint density at radius 2 is 2.05 bits per heavy atom.